The zero-order valence-corrected chi connectivity index (χ0v) is 9.23. The second-order valence-electron chi connectivity index (χ2n) is 3.11. The van der Waals surface area contributed by atoms with Gasteiger partial charge in [-0.05, 0) is 24.6 Å². The zero-order valence-electron chi connectivity index (χ0n) is 9.23. The molecule has 86 valence electrons. The summed E-state index contributed by atoms with van der Waals surface area (Å²) in [6.45, 7) is 1.81. The van der Waals surface area contributed by atoms with Crippen LogP contribution in [0.2, 0.25) is 0 Å². The minimum absolute atomic E-state index is 0.147. The Kier molecular flexibility index (Phi) is 4.28. The highest BCUT2D eigenvalue weighted by molar-refractivity contribution is 5.99. The molecule has 0 amide bonds. The summed E-state index contributed by atoms with van der Waals surface area (Å²) in [5.41, 5.74) is 9.59. The first-order chi connectivity index (χ1) is 7.67. The van der Waals surface area contributed by atoms with Crippen molar-refractivity contribution < 1.29 is 5.21 Å². The fourth-order valence-electron chi connectivity index (χ4n) is 1.09. The minimum atomic E-state index is -0.147. The van der Waals surface area contributed by atoms with Crippen molar-refractivity contribution >= 4 is 17.4 Å². The third-order valence-electron chi connectivity index (χ3n) is 2.01. The SMILES string of the molecule is CNc1ccc(/C(C)=N/N=C(N)NO)cc1. The Bertz CT molecular complexity index is 396. The molecule has 0 radical (unpaired) electrons. The Balaban J connectivity index is 2.83. The number of nitrogens with one attached hydrogen (secondary N) is 2. The van der Waals surface area contributed by atoms with Crippen molar-refractivity contribution in [3.05, 3.63) is 29.8 Å². The largest absolute Gasteiger partial charge is 0.388 e. The van der Waals surface area contributed by atoms with E-state index in [0.717, 1.165) is 11.3 Å². The van der Waals surface area contributed by atoms with Gasteiger partial charge in [-0.15, -0.1) is 5.10 Å². The first kappa shape index (κ1) is 12.0. The van der Waals surface area contributed by atoms with Crippen molar-refractivity contribution in [3.63, 3.8) is 0 Å². The first-order valence-electron chi connectivity index (χ1n) is 4.73. The van der Waals surface area contributed by atoms with Crippen LogP contribution in [-0.2, 0) is 0 Å². The van der Waals surface area contributed by atoms with Gasteiger partial charge in [-0.25, -0.2) is 5.48 Å². The summed E-state index contributed by atoms with van der Waals surface area (Å²) < 4.78 is 0. The average Bonchev–Trinajstić information content (AvgIpc) is 2.35. The number of rotatable bonds is 3. The van der Waals surface area contributed by atoms with Gasteiger partial charge in [0.25, 0.3) is 0 Å². The molecule has 0 spiro atoms. The molecular weight excluding hydrogens is 206 g/mol. The van der Waals surface area contributed by atoms with Gasteiger partial charge in [0.1, 0.15) is 0 Å². The molecule has 0 aliphatic rings. The van der Waals surface area contributed by atoms with E-state index in [-0.39, 0.29) is 5.96 Å². The molecule has 0 fully saturated rings. The standard InChI is InChI=1S/C10H15N5O/c1-7(13-14-10(11)15-16)8-3-5-9(12-2)6-4-8/h3-6,12,16H,1-2H3,(H3,11,14,15)/b13-7+. The van der Waals surface area contributed by atoms with Crippen LogP contribution in [0.5, 0.6) is 0 Å². The second-order valence-corrected chi connectivity index (χ2v) is 3.11. The third kappa shape index (κ3) is 3.25. The summed E-state index contributed by atoms with van der Waals surface area (Å²) in [6, 6.07) is 7.71. The number of hydrogen-bond donors (Lipinski definition) is 4. The molecule has 0 aromatic heterocycles. The molecule has 0 aliphatic carbocycles. The monoisotopic (exact) mass is 221 g/mol. The molecule has 1 rings (SSSR count). The van der Waals surface area contributed by atoms with Gasteiger partial charge in [-0.1, -0.05) is 12.1 Å². The molecule has 0 saturated carbocycles. The number of guanidine groups is 1. The molecule has 0 saturated heterocycles. The molecule has 6 heteroatoms. The summed E-state index contributed by atoms with van der Waals surface area (Å²) in [5, 5.41) is 18.8. The number of nitrogens with two attached hydrogens (primary N) is 1. The number of hydroxylamine groups is 1. The van der Waals surface area contributed by atoms with Crippen molar-refractivity contribution in [3.8, 4) is 0 Å². The van der Waals surface area contributed by atoms with Gasteiger partial charge in [-0.2, -0.15) is 5.10 Å². The van der Waals surface area contributed by atoms with Gasteiger partial charge in [0.05, 0.1) is 5.71 Å². The number of benzene rings is 1. The molecule has 6 nitrogen and oxygen atoms in total. The highest BCUT2D eigenvalue weighted by Gasteiger charge is 1.97. The lowest BCUT2D eigenvalue weighted by Crippen LogP contribution is -2.27. The van der Waals surface area contributed by atoms with Gasteiger partial charge in [0.15, 0.2) is 0 Å². The fourth-order valence-corrected chi connectivity index (χ4v) is 1.09. The van der Waals surface area contributed by atoms with Crippen LogP contribution >= 0.6 is 0 Å². The maximum Gasteiger partial charge on any atom is 0.237 e. The van der Waals surface area contributed by atoms with Crippen molar-refractivity contribution in [1.29, 1.82) is 0 Å². The normalized spacial score (nSPS) is 12.4. The highest BCUT2D eigenvalue weighted by atomic mass is 16.5. The second kappa shape index (κ2) is 5.72. The number of nitrogens with zero attached hydrogens (tertiary/aromatic N) is 2. The summed E-state index contributed by atoms with van der Waals surface area (Å²) in [6.07, 6.45) is 0. The van der Waals surface area contributed by atoms with E-state index in [0.29, 0.717) is 5.71 Å². The zero-order chi connectivity index (χ0) is 12.0. The van der Waals surface area contributed by atoms with E-state index in [4.69, 9.17) is 10.9 Å². The van der Waals surface area contributed by atoms with E-state index in [2.05, 4.69) is 15.5 Å². The van der Waals surface area contributed by atoms with Crippen LogP contribution in [0.3, 0.4) is 0 Å². The molecule has 1 aromatic carbocycles. The van der Waals surface area contributed by atoms with Crippen LogP contribution in [0.4, 0.5) is 5.69 Å². The lowest BCUT2D eigenvalue weighted by molar-refractivity contribution is 0.232. The van der Waals surface area contributed by atoms with Crippen LogP contribution in [0.15, 0.2) is 34.5 Å². The van der Waals surface area contributed by atoms with E-state index in [9.17, 15) is 0 Å². The third-order valence-corrected chi connectivity index (χ3v) is 2.01. The van der Waals surface area contributed by atoms with Crippen LogP contribution in [0.25, 0.3) is 0 Å². The Morgan fingerprint density at radius 3 is 2.38 bits per heavy atom. The van der Waals surface area contributed by atoms with Gasteiger partial charge >= 0.3 is 0 Å². The number of anilines is 1. The summed E-state index contributed by atoms with van der Waals surface area (Å²) in [5.74, 6) is -0.147. The molecule has 0 heterocycles. The smallest absolute Gasteiger partial charge is 0.237 e. The van der Waals surface area contributed by atoms with E-state index in [1.54, 1.807) is 5.48 Å². The molecule has 1 aromatic rings. The molecule has 0 bridgehead atoms. The summed E-state index contributed by atoms with van der Waals surface area (Å²) in [4.78, 5) is 0. The minimum Gasteiger partial charge on any atom is -0.388 e. The topological polar surface area (TPSA) is 95.0 Å². The van der Waals surface area contributed by atoms with E-state index in [1.807, 2.05) is 38.2 Å². The Labute approximate surface area is 93.8 Å². The molecule has 0 aliphatic heterocycles. The Morgan fingerprint density at radius 2 is 1.88 bits per heavy atom. The van der Waals surface area contributed by atoms with Gasteiger partial charge in [0, 0.05) is 12.7 Å². The maximum atomic E-state index is 8.40. The van der Waals surface area contributed by atoms with Crippen molar-refractivity contribution in [2.45, 2.75) is 6.92 Å². The summed E-state index contributed by atoms with van der Waals surface area (Å²) >= 11 is 0. The first-order valence-corrected chi connectivity index (χ1v) is 4.73. The van der Waals surface area contributed by atoms with Crippen LogP contribution in [0.1, 0.15) is 12.5 Å². The molecule has 5 N–H and O–H groups in total. The summed E-state index contributed by atoms with van der Waals surface area (Å²) in [7, 11) is 1.86. The molecule has 0 atom stereocenters. The highest BCUT2D eigenvalue weighted by Crippen LogP contribution is 2.09. The molecule has 0 unspecified atom stereocenters. The Hall–Kier alpha value is -2.08. The van der Waals surface area contributed by atoms with Gasteiger partial charge < -0.3 is 11.1 Å². The van der Waals surface area contributed by atoms with Crippen LogP contribution in [0, 0.1) is 0 Å². The van der Waals surface area contributed by atoms with Gasteiger partial charge in [-0.3, -0.25) is 5.21 Å². The van der Waals surface area contributed by atoms with E-state index in [1.165, 1.54) is 0 Å². The predicted molar refractivity (Wildman–Crippen MR) is 64.7 cm³/mol. The lowest BCUT2D eigenvalue weighted by Gasteiger charge is -2.02. The maximum absolute atomic E-state index is 8.40. The molecular formula is C10H15N5O. The quantitative estimate of drug-likeness (QED) is 0.344. The fraction of sp³-hybridized carbons (Fsp3) is 0.200. The van der Waals surface area contributed by atoms with Crippen LogP contribution in [-0.4, -0.2) is 23.9 Å². The average molecular weight is 221 g/mol. The van der Waals surface area contributed by atoms with Crippen molar-refractivity contribution in [1.82, 2.24) is 5.48 Å². The van der Waals surface area contributed by atoms with Crippen molar-refractivity contribution in [2.75, 3.05) is 12.4 Å². The lowest BCUT2D eigenvalue weighted by atomic mass is 10.1. The molecule has 16 heavy (non-hydrogen) atoms. The van der Waals surface area contributed by atoms with Gasteiger partial charge in [0.2, 0.25) is 5.96 Å². The van der Waals surface area contributed by atoms with Crippen LogP contribution < -0.4 is 16.5 Å². The predicted octanol–water partition coefficient (Wildman–Crippen LogP) is 0.746. The van der Waals surface area contributed by atoms with E-state index >= 15 is 0 Å². The van der Waals surface area contributed by atoms with E-state index < -0.39 is 0 Å². The Morgan fingerprint density at radius 1 is 1.25 bits per heavy atom. The number of hydrogen-bond acceptors (Lipinski definition) is 4. The van der Waals surface area contributed by atoms with Crippen molar-refractivity contribution in [2.24, 2.45) is 15.9 Å².